The summed E-state index contributed by atoms with van der Waals surface area (Å²) in [5.74, 6) is 0.176. The van der Waals surface area contributed by atoms with E-state index in [9.17, 15) is 4.79 Å². The molecule has 1 aromatic rings. The lowest BCUT2D eigenvalue weighted by Gasteiger charge is -2.35. The highest BCUT2D eigenvalue weighted by molar-refractivity contribution is 5.66. The lowest BCUT2D eigenvalue weighted by atomic mass is 9.97. The molecule has 0 bridgehead atoms. The summed E-state index contributed by atoms with van der Waals surface area (Å²) in [4.78, 5) is 13.2. The summed E-state index contributed by atoms with van der Waals surface area (Å²) >= 11 is 0. The van der Waals surface area contributed by atoms with Gasteiger partial charge in [0, 0.05) is 19.0 Å². The molecule has 1 fully saturated rings. The van der Waals surface area contributed by atoms with Crippen LogP contribution in [-0.4, -0.2) is 35.7 Å². The highest BCUT2D eigenvalue weighted by atomic mass is 16.5. The van der Waals surface area contributed by atoms with Crippen molar-refractivity contribution in [2.45, 2.75) is 44.7 Å². The zero-order valence-corrected chi connectivity index (χ0v) is 12.0. The van der Waals surface area contributed by atoms with Gasteiger partial charge in [0.05, 0.1) is 7.11 Å². The predicted molar refractivity (Wildman–Crippen MR) is 77.9 cm³/mol. The van der Waals surface area contributed by atoms with Gasteiger partial charge in [0.25, 0.3) is 0 Å². The molecule has 0 radical (unpaired) electrons. The molecule has 0 aromatic heterocycles. The van der Waals surface area contributed by atoms with Crippen LogP contribution in [0.1, 0.15) is 37.7 Å². The Morgan fingerprint density at radius 2 is 2.10 bits per heavy atom. The van der Waals surface area contributed by atoms with Crippen LogP contribution < -0.4 is 4.74 Å². The Labute approximate surface area is 120 Å². The predicted octanol–water partition coefficient (Wildman–Crippen LogP) is 2.91. The van der Waals surface area contributed by atoms with E-state index < -0.39 is 5.97 Å². The van der Waals surface area contributed by atoms with Crippen LogP contribution in [0.2, 0.25) is 0 Å². The number of ether oxygens (including phenoxy) is 1. The molecule has 1 aromatic carbocycles. The number of piperidine rings is 1. The maximum Gasteiger partial charge on any atom is 0.303 e. The number of hydrogen-bond acceptors (Lipinski definition) is 3. The van der Waals surface area contributed by atoms with Crippen molar-refractivity contribution >= 4 is 5.97 Å². The maximum atomic E-state index is 10.7. The van der Waals surface area contributed by atoms with Crippen molar-refractivity contribution in [1.82, 2.24) is 4.90 Å². The summed E-state index contributed by atoms with van der Waals surface area (Å²) in [6.45, 7) is 1.96. The average Bonchev–Trinajstić information content (AvgIpc) is 2.47. The molecule has 1 aliphatic rings. The van der Waals surface area contributed by atoms with Crippen molar-refractivity contribution in [2.24, 2.45) is 0 Å². The van der Waals surface area contributed by atoms with Crippen molar-refractivity contribution in [3.63, 3.8) is 0 Å². The second-order valence-corrected chi connectivity index (χ2v) is 5.40. The highest BCUT2D eigenvalue weighted by Crippen LogP contribution is 2.23. The van der Waals surface area contributed by atoms with Crippen molar-refractivity contribution in [1.29, 1.82) is 0 Å². The first-order chi connectivity index (χ1) is 9.69. The lowest BCUT2D eigenvalue weighted by Crippen LogP contribution is -2.39. The number of methoxy groups -OCH3 is 1. The van der Waals surface area contributed by atoms with Gasteiger partial charge in [-0.05, 0) is 43.5 Å². The van der Waals surface area contributed by atoms with Crippen LogP contribution in [-0.2, 0) is 11.3 Å². The molecule has 0 aliphatic carbocycles. The Balaban J connectivity index is 1.94. The van der Waals surface area contributed by atoms with E-state index in [1.165, 1.54) is 18.4 Å². The first-order valence-electron chi connectivity index (χ1n) is 7.28. The maximum absolute atomic E-state index is 10.7. The van der Waals surface area contributed by atoms with E-state index in [2.05, 4.69) is 17.0 Å². The van der Waals surface area contributed by atoms with E-state index in [-0.39, 0.29) is 6.42 Å². The van der Waals surface area contributed by atoms with Gasteiger partial charge in [-0.15, -0.1) is 0 Å². The van der Waals surface area contributed by atoms with Crippen molar-refractivity contribution in [2.75, 3.05) is 13.7 Å². The third kappa shape index (κ3) is 4.23. The minimum atomic E-state index is -0.694. The molecule has 20 heavy (non-hydrogen) atoms. The molecule has 2 rings (SSSR count). The summed E-state index contributed by atoms with van der Waals surface area (Å²) in [6, 6.07) is 8.53. The summed E-state index contributed by atoms with van der Waals surface area (Å²) in [5.41, 5.74) is 1.26. The molecule has 0 amide bonds. The molecule has 1 N–H and O–H groups in total. The molecule has 1 saturated heterocycles. The fourth-order valence-corrected chi connectivity index (χ4v) is 2.85. The number of likely N-dealkylation sites (tertiary alicyclic amines) is 1. The van der Waals surface area contributed by atoms with Gasteiger partial charge in [0.2, 0.25) is 0 Å². The molecule has 1 atom stereocenters. The summed E-state index contributed by atoms with van der Waals surface area (Å²) in [6.07, 6.45) is 4.56. The molecule has 0 saturated carbocycles. The minimum absolute atomic E-state index is 0.268. The van der Waals surface area contributed by atoms with Crippen LogP contribution >= 0.6 is 0 Å². The summed E-state index contributed by atoms with van der Waals surface area (Å²) < 4.78 is 5.17. The monoisotopic (exact) mass is 277 g/mol. The lowest BCUT2D eigenvalue weighted by molar-refractivity contribution is -0.137. The number of hydrogen-bond donors (Lipinski definition) is 1. The smallest absolute Gasteiger partial charge is 0.303 e. The van der Waals surface area contributed by atoms with Gasteiger partial charge >= 0.3 is 5.97 Å². The number of aliphatic carboxylic acids is 1. The fourth-order valence-electron chi connectivity index (χ4n) is 2.85. The van der Waals surface area contributed by atoms with Crippen LogP contribution in [0.3, 0.4) is 0 Å². The largest absolute Gasteiger partial charge is 0.497 e. The number of carboxylic acids is 1. The standard InChI is InChI=1S/C16H23NO3/c1-20-15-8-5-13(6-9-15)12-17-11-3-2-4-14(17)7-10-16(18)19/h5-6,8-9,14H,2-4,7,10-12H2,1H3,(H,18,19). The van der Waals surface area contributed by atoms with E-state index in [0.29, 0.717) is 6.04 Å². The normalized spacial score (nSPS) is 19.8. The van der Waals surface area contributed by atoms with Gasteiger partial charge in [0.1, 0.15) is 5.75 Å². The second kappa shape index (κ2) is 7.29. The topological polar surface area (TPSA) is 49.8 Å². The van der Waals surface area contributed by atoms with E-state index in [0.717, 1.165) is 31.7 Å². The number of nitrogens with zero attached hydrogens (tertiary/aromatic N) is 1. The second-order valence-electron chi connectivity index (χ2n) is 5.40. The van der Waals surface area contributed by atoms with Gasteiger partial charge < -0.3 is 9.84 Å². The van der Waals surface area contributed by atoms with Gasteiger partial charge in [-0.1, -0.05) is 18.6 Å². The quantitative estimate of drug-likeness (QED) is 0.868. The zero-order valence-electron chi connectivity index (χ0n) is 12.0. The van der Waals surface area contributed by atoms with E-state index >= 15 is 0 Å². The Morgan fingerprint density at radius 1 is 1.35 bits per heavy atom. The highest BCUT2D eigenvalue weighted by Gasteiger charge is 2.22. The van der Waals surface area contributed by atoms with Crippen molar-refractivity contribution in [3.8, 4) is 5.75 Å². The van der Waals surface area contributed by atoms with Crippen molar-refractivity contribution in [3.05, 3.63) is 29.8 Å². The molecular weight excluding hydrogens is 254 g/mol. The average molecular weight is 277 g/mol. The van der Waals surface area contributed by atoms with Crippen molar-refractivity contribution < 1.29 is 14.6 Å². The molecular formula is C16H23NO3. The number of carbonyl (C=O) groups is 1. The Bertz CT molecular complexity index is 430. The van der Waals surface area contributed by atoms with E-state index in [4.69, 9.17) is 9.84 Å². The van der Waals surface area contributed by atoms with Crippen LogP contribution in [0, 0.1) is 0 Å². The van der Waals surface area contributed by atoms with Crippen LogP contribution in [0.4, 0.5) is 0 Å². The first-order valence-corrected chi connectivity index (χ1v) is 7.28. The molecule has 4 nitrogen and oxygen atoms in total. The molecule has 1 unspecified atom stereocenters. The minimum Gasteiger partial charge on any atom is -0.497 e. The Morgan fingerprint density at radius 3 is 2.75 bits per heavy atom. The molecule has 0 spiro atoms. The molecule has 1 heterocycles. The molecule has 4 heteroatoms. The number of benzene rings is 1. The van der Waals surface area contributed by atoms with Crippen LogP contribution in [0.25, 0.3) is 0 Å². The Kier molecular flexibility index (Phi) is 5.41. The fraction of sp³-hybridized carbons (Fsp3) is 0.562. The first kappa shape index (κ1) is 14.9. The summed E-state index contributed by atoms with van der Waals surface area (Å²) in [5, 5.41) is 8.85. The van der Waals surface area contributed by atoms with Crippen LogP contribution in [0.15, 0.2) is 24.3 Å². The van der Waals surface area contributed by atoms with Gasteiger partial charge in [0.15, 0.2) is 0 Å². The Hall–Kier alpha value is -1.55. The number of carboxylic acid groups (broad SMARTS) is 1. The zero-order chi connectivity index (χ0) is 14.4. The third-order valence-corrected chi connectivity index (χ3v) is 3.99. The SMILES string of the molecule is COc1ccc(CN2CCCCC2CCC(=O)O)cc1. The van der Waals surface area contributed by atoms with Gasteiger partial charge in [-0.25, -0.2) is 0 Å². The molecule has 110 valence electrons. The van der Waals surface area contributed by atoms with Gasteiger partial charge in [-0.3, -0.25) is 9.69 Å². The summed E-state index contributed by atoms with van der Waals surface area (Å²) in [7, 11) is 1.67. The molecule has 1 aliphatic heterocycles. The van der Waals surface area contributed by atoms with E-state index in [1.54, 1.807) is 7.11 Å². The number of rotatable bonds is 6. The third-order valence-electron chi connectivity index (χ3n) is 3.99. The van der Waals surface area contributed by atoms with Gasteiger partial charge in [-0.2, -0.15) is 0 Å². The van der Waals surface area contributed by atoms with E-state index in [1.807, 2.05) is 12.1 Å². The van der Waals surface area contributed by atoms with Crippen LogP contribution in [0.5, 0.6) is 5.75 Å².